The Balaban J connectivity index is 2.89. The Hall–Kier alpha value is -1.09. The third-order valence-corrected chi connectivity index (χ3v) is 7.46. The maximum Gasteiger partial charge on any atom is 0.306 e. The van der Waals surface area contributed by atoms with Crippen molar-refractivity contribution in [2.75, 3.05) is 6.61 Å². The summed E-state index contributed by atoms with van der Waals surface area (Å²) in [5.74, 6) is -0.0666. The topological polar surface area (TPSA) is 26.3 Å². The molecule has 0 saturated heterocycles. The van der Waals surface area contributed by atoms with E-state index in [0.29, 0.717) is 6.61 Å². The van der Waals surface area contributed by atoms with Crippen molar-refractivity contribution in [1.82, 2.24) is 0 Å². The Kier molecular flexibility index (Phi) is 4.30. The predicted molar refractivity (Wildman–Crippen MR) is 69.6 cm³/mol. The number of esters is 1. The monoisotopic (exact) mass is 236 g/mol. The Morgan fingerprint density at radius 2 is 1.88 bits per heavy atom. The van der Waals surface area contributed by atoms with E-state index in [2.05, 4.69) is 25.2 Å². The number of carbonyl (C=O) groups excluding carboxylic acids is 1. The second-order valence-corrected chi connectivity index (χ2v) is 9.45. The highest BCUT2D eigenvalue weighted by Gasteiger charge is 2.35. The molecule has 3 heteroatoms. The summed E-state index contributed by atoms with van der Waals surface area (Å²) in [5, 5.41) is 1.30. The van der Waals surface area contributed by atoms with Crippen LogP contribution in [-0.4, -0.2) is 20.7 Å². The van der Waals surface area contributed by atoms with Crippen LogP contribution in [0.15, 0.2) is 30.3 Å². The molecule has 0 amide bonds. The van der Waals surface area contributed by atoms with Crippen LogP contribution in [0.4, 0.5) is 0 Å². The average molecular weight is 236 g/mol. The van der Waals surface area contributed by atoms with Gasteiger partial charge in [0, 0.05) is 0 Å². The fourth-order valence-electron chi connectivity index (χ4n) is 1.68. The number of ether oxygens (including phenoxy) is 1. The van der Waals surface area contributed by atoms with Crippen LogP contribution in [0.1, 0.15) is 13.8 Å². The van der Waals surface area contributed by atoms with Crippen molar-refractivity contribution in [3.63, 3.8) is 0 Å². The first-order valence-electron chi connectivity index (χ1n) is 5.72. The Morgan fingerprint density at radius 3 is 2.38 bits per heavy atom. The fraction of sp³-hybridized carbons (Fsp3) is 0.462. The third kappa shape index (κ3) is 2.73. The zero-order chi connectivity index (χ0) is 12.2. The second-order valence-electron chi connectivity index (χ2n) is 4.56. The number of hydrogen-bond donors (Lipinski definition) is 0. The molecule has 16 heavy (non-hydrogen) atoms. The molecule has 0 spiro atoms. The molecular weight excluding hydrogens is 216 g/mol. The van der Waals surface area contributed by atoms with E-state index in [9.17, 15) is 4.79 Å². The lowest BCUT2D eigenvalue weighted by atomic mass is 10.4. The number of benzene rings is 1. The number of rotatable bonds is 4. The lowest BCUT2D eigenvalue weighted by molar-refractivity contribution is -0.142. The van der Waals surface area contributed by atoms with Gasteiger partial charge in [-0.15, -0.1) is 0 Å². The molecule has 88 valence electrons. The van der Waals surface area contributed by atoms with Crippen LogP contribution < -0.4 is 5.19 Å². The zero-order valence-electron chi connectivity index (χ0n) is 10.5. The van der Waals surface area contributed by atoms with E-state index in [1.165, 1.54) is 5.19 Å². The minimum absolute atomic E-state index is 0.00477. The maximum atomic E-state index is 11.8. The number of carbonyl (C=O) groups is 1. The molecule has 0 bridgehead atoms. The van der Waals surface area contributed by atoms with Gasteiger partial charge >= 0.3 is 5.97 Å². The normalized spacial score (nSPS) is 13.2. The molecule has 1 aromatic carbocycles. The average Bonchev–Trinajstić information content (AvgIpc) is 2.29. The first kappa shape index (κ1) is 13.0. The van der Waals surface area contributed by atoms with Gasteiger partial charge in [-0.05, 0) is 6.92 Å². The Labute approximate surface area is 98.6 Å². The summed E-state index contributed by atoms with van der Waals surface area (Å²) >= 11 is 0. The first-order chi connectivity index (χ1) is 7.50. The molecule has 2 nitrogen and oxygen atoms in total. The van der Waals surface area contributed by atoms with Crippen LogP contribution in [0.3, 0.4) is 0 Å². The van der Waals surface area contributed by atoms with Gasteiger partial charge in [-0.3, -0.25) is 4.79 Å². The minimum Gasteiger partial charge on any atom is -0.466 e. The third-order valence-electron chi connectivity index (χ3n) is 3.24. The van der Waals surface area contributed by atoms with Crippen LogP contribution in [0.5, 0.6) is 0 Å². The van der Waals surface area contributed by atoms with Crippen molar-refractivity contribution >= 4 is 19.2 Å². The van der Waals surface area contributed by atoms with Gasteiger partial charge in [0.2, 0.25) is 0 Å². The highest BCUT2D eigenvalue weighted by molar-refractivity contribution is 6.93. The summed E-state index contributed by atoms with van der Waals surface area (Å²) in [5.41, 5.74) is -0.00477. The maximum absolute atomic E-state index is 11.8. The van der Waals surface area contributed by atoms with Crippen molar-refractivity contribution in [1.29, 1.82) is 0 Å². The van der Waals surface area contributed by atoms with E-state index in [1.807, 2.05) is 32.0 Å². The van der Waals surface area contributed by atoms with Gasteiger partial charge in [0.25, 0.3) is 0 Å². The Bertz CT molecular complexity index is 346. The first-order valence-corrected chi connectivity index (χ1v) is 8.80. The van der Waals surface area contributed by atoms with Crippen molar-refractivity contribution in [3.8, 4) is 0 Å². The highest BCUT2D eigenvalue weighted by Crippen LogP contribution is 2.22. The highest BCUT2D eigenvalue weighted by atomic mass is 28.3. The van der Waals surface area contributed by atoms with E-state index < -0.39 is 8.07 Å². The molecule has 0 saturated carbocycles. The van der Waals surface area contributed by atoms with E-state index in [-0.39, 0.29) is 11.5 Å². The molecule has 1 rings (SSSR count). The van der Waals surface area contributed by atoms with Crippen molar-refractivity contribution in [3.05, 3.63) is 30.3 Å². The lowest BCUT2D eigenvalue weighted by Gasteiger charge is -2.28. The molecule has 0 radical (unpaired) electrons. The van der Waals surface area contributed by atoms with Crippen molar-refractivity contribution in [2.24, 2.45) is 0 Å². The van der Waals surface area contributed by atoms with Gasteiger partial charge in [0.1, 0.15) is 0 Å². The molecule has 0 aliphatic carbocycles. The molecule has 1 aromatic rings. The lowest BCUT2D eigenvalue weighted by Crippen LogP contribution is -2.48. The molecule has 0 aliphatic rings. The fourth-order valence-corrected chi connectivity index (χ4v) is 3.90. The zero-order valence-corrected chi connectivity index (χ0v) is 11.5. The van der Waals surface area contributed by atoms with Gasteiger partial charge in [-0.25, -0.2) is 0 Å². The van der Waals surface area contributed by atoms with Gasteiger partial charge < -0.3 is 4.74 Å². The molecule has 0 fully saturated rings. The van der Waals surface area contributed by atoms with Crippen LogP contribution in [0, 0.1) is 0 Å². The standard InChI is InChI=1S/C13H20O2Si/c1-5-15-13(14)11(2)16(3,4)12-9-7-6-8-10-12/h6-11H,5H2,1-4H3. The largest absolute Gasteiger partial charge is 0.466 e. The molecule has 0 aliphatic heterocycles. The van der Waals surface area contributed by atoms with Crippen LogP contribution in [0.2, 0.25) is 18.6 Å². The quantitative estimate of drug-likeness (QED) is 0.593. The molecule has 1 atom stereocenters. The molecule has 0 N–H and O–H groups in total. The van der Waals surface area contributed by atoms with E-state index >= 15 is 0 Å². The van der Waals surface area contributed by atoms with Crippen molar-refractivity contribution in [2.45, 2.75) is 32.5 Å². The molecule has 1 unspecified atom stereocenters. The van der Waals surface area contributed by atoms with Crippen LogP contribution in [-0.2, 0) is 9.53 Å². The SMILES string of the molecule is CCOC(=O)C(C)[Si](C)(C)c1ccccc1. The van der Waals surface area contributed by atoms with E-state index in [0.717, 1.165) is 0 Å². The summed E-state index contributed by atoms with van der Waals surface area (Å²) in [7, 11) is -1.76. The van der Waals surface area contributed by atoms with Crippen LogP contribution >= 0.6 is 0 Å². The predicted octanol–water partition coefficient (Wildman–Crippen LogP) is 2.56. The molecule has 0 heterocycles. The van der Waals surface area contributed by atoms with E-state index in [4.69, 9.17) is 4.74 Å². The summed E-state index contributed by atoms with van der Waals surface area (Å²) in [6.45, 7) is 8.72. The second kappa shape index (κ2) is 5.30. The smallest absolute Gasteiger partial charge is 0.306 e. The van der Waals surface area contributed by atoms with Gasteiger partial charge in [0.15, 0.2) is 0 Å². The van der Waals surface area contributed by atoms with Gasteiger partial charge in [-0.2, -0.15) is 0 Å². The minimum atomic E-state index is -1.76. The van der Waals surface area contributed by atoms with Crippen molar-refractivity contribution < 1.29 is 9.53 Å². The summed E-state index contributed by atoms with van der Waals surface area (Å²) < 4.78 is 5.11. The Morgan fingerprint density at radius 1 is 1.31 bits per heavy atom. The van der Waals surface area contributed by atoms with Gasteiger partial charge in [0.05, 0.1) is 20.2 Å². The van der Waals surface area contributed by atoms with Crippen LogP contribution in [0.25, 0.3) is 0 Å². The van der Waals surface area contributed by atoms with E-state index in [1.54, 1.807) is 0 Å². The van der Waals surface area contributed by atoms with Gasteiger partial charge in [-0.1, -0.05) is 55.5 Å². The number of hydrogen-bond acceptors (Lipinski definition) is 2. The molecule has 0 aromatic heterocycles. The summed E-state index contributed by atoms with van der Waals surface area (Å²) in [4.78, 5) is 11.8. The molecular formula is C13H20O2Si. The summed E-state index contributed by atoms with van der Waals surface area (Å²) in [6.07, 6.45) is 0. The summed E-state index contributed by atoms with van der Waals surface area (Å²) in [6, 6.07) is 10.3.